The summed E-state index contributed by atoms with van der Waals surface area (Å²) in [5.74, 6) is -0.160. The number of nitrogens with zero attached hydrogens (tertiary/aromatic N) is 1. The van der Waals surface area contributed by atoms with Gasteiger partial charge in [-0.25, -0.2) is 0 Å². The van der Waals surface area contributed by atoms with E-state index >= 15 is 0 Å². The molecule has 0 aliphatic carbocycles. The lowest BCUT2D eigenvalue weighted by molar-refractivity contribution is -0.140. The molecule has 0 aliphatic heterocycles. The van der Waals surface area contributed by atoms with Crippen LogP contribution in [0.25, 0.3) is 0 Å². The van der Waals surface area contributed by atoms with Gasteiger partial charge in [0.1, 0.15) is 6.04 Å². The van der Waals surface area contributed by atoms with Crippen molar-refractivity contribution in [2.45, 2.75) is 59.2 Å². The van der Waals surface area contributed by atoms with Gasteiger partial charge in [-0.15, -0.1) is 0 Å². The highest BCUT2D eigenvalue weighted by molar-refractivity contribution is 6.30. The molecule has 1 rings (SSSR count). The first kappa shape index (κ1) is 18.5. The van der Waals surface area contributed by atoms with Gasteiger partial charge < -0.3 is 10.2 Å². The number of halogens is 1. The SMILES string of the molecule is CCC(=O)N(Cc1ccc(Cl)cc1)[C@@H](C)C(=O)N[C@H](C)CC. The topological polar surface area (TPSA) is 49.4 Å². The predicted octanol–water partition coefficient (Wildman–Crippen LogP) is 3.38. The van der Waals surface area contributed by atoms with Crippen LogP contribution in [0.15, 0.2) is 24.3 Å². The van der Waals surface area contributed by atoms with Crippen molar-refractivity contribution in [2.75, 3.05) is 0 Å². The quantitative estimate of drug-likeness (QED) is 0.836. The lowest BCUT2D eigenvalue weighted by Gasteiger charge is -2.29. The molecule has 122 valence electrons. The summed E-state index contributed by atoms with van der Waals surface area (Å²) in [6, 6.07) is 6.92. The second-order valence-electron chi connectivity index (χ2n) is 5.50. The second-order valence-corrected chi connectivity index (χ2v) is 5.93. The van der Waals surface area contributed by atoms with E-state index in [2.05, 4.69) is 5.32 Å². The molecule has 4 nitrogen and oxygen atoms in total. The van der Waals surface area contributed by atoms with Gasteiger partial charge in [-0.1, -0.05) is 37.6 Å². The van der Waals surface area contributed by atoms with Crippen molar-refractivity contribution in [3.05, 3.63) is 34.9 Å². The second kappa shape index (κ2) is 8.79. The number of carbonyl (C=O) groups is 2. The third kappa shape index (κ3) is 5.34. The first-order valence-corrected chi connectivity index (χ1v) is 8.11. The van der Waals surface area contributed by atoms with Crippen LogP contribution in [0.4, 0.5) is 0 Å². The van der Waals surface area contributed by atoms with Crippen LogP contribution in [0.2, 0.25) is 5.02 Å². The largest absolute Gasteiger partial charge is 0.352 e. The monoisotopic (exact) mass is 324 g/mol. The Bertz CT molecular complexity index is 502. The summed E-state index contributed by atoms with van der Waals surface area (Å²) in [5, 5.41) is 3.58. The van der Waals surface area contributed by atoms with Crippen LogP contribution in [-0.2, 0) is 16.1 Å². The van der Waals surface area contributed by atoms with E-state index in [0.29, 0.717) is 18.0 Å². The summed E-state index contributed by atoms with van der Waals surface area (Å²) in [4.78, 5) is 26.1. The third-order valence-electron chi connectivity index (χ3n) is 3.74. The standard InChI is InChI=1S/C17H25ClN2O2/c1-5-12(3)19-17(22)13(4)20(16(21)6-2)11-14-7-9-15(18)10-8-14/h7-10,12-13H,5-6,11H2,1-4H3,(H,19,22)/t12-,13+/m1/s1. The van der Waals surface area contributed by atoms with Crippen molar-refractivity contribution < 1.29 is 9.59 Å². The Morgan fingerprint density at radius 3 is 2.27 bits per heavy atom. The summed E-state index contributed by atoms with van der Waals surface area (Å²) < 4.78 is 0. The van der Waals surface area contributed by atoms with E-state index in [-0.39, 0.29) is 17.9 Å². The molecule has 0 saturated heterocycles. The molecule has 0 bridgehead atoms. The van der Waals surface area contributed by atoms with Gasteiger partial charge in [-0.3, -0.25) is 9.59 Å². The molecule has 0 saturated carbocycles. The fourth-order valence-electron chi connectivity index (χ4n) is 2.04. The number of rotatable bonds is 7. The van der Waals surface area contributed by atoms with E-state index < -0.39 is 6.04 Å². The average Bonchev–Trinajstić information content (AvgIpc) is 2.52. The maximum Gasteiger partial charge on any atom is 0.242 e. The van der Waals surface area contributed by atoms with Crippen LogP contribution >= 0.6 is 11.6 Å². The molecule has 0 aliphatic rings. The highest BCUT2D eigenvalue weighted by Gasteiger charge is 2.25. The lowest BCUT2D eigenvalue weighted by atomic mass is 10.1. The van der Waals surface area contributed by atoms with E-state index in [9.17, 15) is 9.59 Å². The Kier molecular flexibility index (Phi) is 7.39. The van der Waals surface area contributed by atoms with Gasteiger partial charge in [-0.2, -0.15) is 0 Å². The van der Waals surface area contributed by atoms with Crippen LogP contribution in [-0.4, -0.2) is 28.8 Å². The Balaban J connectivity index is 2.85. The molecule has 5 heteroatoms. The van der Waals surface area contributed by atoms with Gasteiger partial charge in [-0.05, 0) is 38.0 Å². The van der Waals surface area contributed by atoms with Gasteiger partial charge in [0, 0.05) is 24.0 Å². The zero-order chi connectivity index (χ0) is 16.7. The van der Waals surface area contributed by atoms with Crippen molar-refractivity contribution in [1.29, 1.82) is 0 Å². The molecule has 1 aromatic carbocycles. The fourth-order valence-corrected chi connectivity index (χ4v) is 2.16. The normalized spacial score (nSPS) is 13.3. The fraction of sp³-hybridized carbons (Fsp3) is 0.529. The van der Waals surface area contributed by atoms with E-state index in [1.807, 2.05) is 26.0 Å². The smallest absolute Gasteiger partial charge is 0.242 e. The number of carbonyl (C=O) groups excluding carboxylic acids is 2. The molecule has 0 spiro atoms. The van der Waals surface area contributed by atoms with E-state index in [1.54, 1.807) is 30.9 Å². The zero-order valence-electron chi connectivity index (χ0n) is 13.7. The van der Waals surface area contributed by atoms with E-state index in [1.165, 1.54) is 0 Å². The number of nitrogens with one attached hydrogen (secondary N) is 1. The van der Waals surface area contributed by atoms with Crippen molar-refractivity contribution in [3.63, 3.8) is 0 Å². The van der Waals surface area contributed by atoms with Gasteiger partial charge in [0.15, 0.2) is 0 Å². The Labute approximate surface area is 137 Å². The van der Waals surface area contributed by atoms with Crippen molar-refractivity contribution >= 4 is 23.4 Å². The van der Waals surface area contributed by atoms with Crippen molar-refractivity contribution in [1.82, 2.24) is 10.2 Å². The maximum absolute atomic E-state index is 12.3. The lowest BCUT2D eigenvalue weighted by Crippen LogP contribution is -2.49. The maximum atomic E-state index is 12.3. The van der Waals surface area contributed by atoms with E-state index in [4.69, 9.17) is 11.6 Å². The molecule has 0 aromatic heterocycles. The molecule has 0 fully saturated rings. The Hall–Kier alpha value is -1.55. The van der Waals surface area contributed by atoms with Crippen molar-refractivity contribution in [3.8, 4) is 0 Å². The Morgan fingerprint density at radius 1 is 1.18 bits per heavy atom. The molecule has 2 atom stereocenters. The minimum atomic E-state index is -0.503. The average molecular weight is 325 g/mol. The number of amides is 2. The molecule has 0 heterocycles. The van der Waals surface area contributed by atoms with Gasteiger partial charge >= 0.3 is 0 Å². The first-order valence-electron chi connectivity index (χ1n) is 7.73. The number of hydrogen-bond donors (Lipinski definition) is 1. The van der Waals surface area contributed by atoms with Gasteiger partial charge in [0.25, 0.3) is 0 Å². The molecule has 1 aromatic rings. The molecular weight excluding hydrogens is 300 g/mol. The minimum absolute atomic E-state index is 0.0400. The zero-order valence-corrected chi connectivity index (χ0v) is 14.5. The van der Waals surface area contributed by atoms with Crippen LogP contribution in [0.3, 0.4) is 0 Å². The summed E-state index contributed by atoms with van der Waals surface area (Å²) in [6.07, 6.45) is 1.23. The minimum Gasteiger partial charge on any atom is -0.352 e. The highest BCUT2D eigenvalue weighted by atomic mass is 35.5. The highest BCUT2D eigenvalue weighted by Crippen LogP contribution is 2.14. The van der Waals surface area contributed by atoms with Crippen LogP contribution < -0.4 is 5.32 Å². The molecule has 0 unspecified atom stereocenters. The molecule has 0 radical (unpaired) electrons. The number of hydrogen-bond acceptors (Lipinski definition) is 2. The third-order valence-corrected chi connectivity index (χ3v) is 3.99. The van der Waals surface area contributed by atoms with E-state index in [0.717, 1.165) is 12.0 Å². The Morgan fingerprint density at radius 2 is 1.77 bits per heavy atom. The number of benzene rings is 1. The predicted molar refractivity (Wildman–Crippen MR) is 89.7 cm³/mol. The molecule has 1 N–H and O–H groups in total. The summed E-state index contributed by atoms with van der Waals surface area (Å²) >= 11 is 5.88. The summed E-state index contributed by atoms with van der Waals surface area (Å²) in [5.41, 5.74) is 0.953. The van der Waals surface area contributed by atoms with Crippen LogP contribution in [0, 0.1) is 0 Å². The van der Waals surface area contributed by atoms with Gasteiger partial charge in [0.05, 0.1) is 0 Å². The van der Waals surface area contributed by atoms with Crippen LogP contribution in [0.1, 0.15) is 46.1 Å². The first-order chi connectivity index (χ1) is 10.4. The molecule has 2 amide bonds. The molecule has 22 heavy (non-hydrogen) atoms. The van der Waals surface area contributed by atoms with Crippen molar-refractivity contribution in [2.24, 2.45) is 0 Å². The summed E-state index contributed by atoms with van der Waals surface area (Å²) in [6.45, 7) is 7.94. The molecular formula is C17H25ClN2O2. The van der Waals surface area contributed by atoms with Gasteiger partial charge in [0.2, 0.25) is 11.8 Å². The summed E-state index contributed by atoms with van der Waals surface area (Å²) in [7, 11) is 0. The van der Waals surface area contributed by atoms with Crippen LogP contribution in [0.5, 0.6) is 0 Å².